The van der Waals surface area contributed by atoms with Crippen LogP contribution in [0.5, 0.6) is 0 Å². The van der Waals surface area contributed by atoms with Crippen LogP contribution in [0.25, 0.3) is 0 Å². The van der Waals surface area contributed by atoms with Crippen LogP contribution in [0.3, 0.4) is 0 Å². The highest BCUT2D eigenvalue weighted by Gasteiger charge is 2.40. The van der Waals surface area contributed by atoms with Crippen LogP contribution < -0.4 is 5.32 Å². The fraction of sp³-hybridized carbons (Fsp3) is 0.714. The van der Waals surface area contributed by atoms with Gasteiger partial charge < -0.3 is 10.1 Å². The largest absolute Gasteiger partial charge is 0.372 e. The Kier molecular flexibility index (Phi) is 5.51. The lowest BCUT2D eigenvalue weighted by Crippen LogP contribution is -2.64. The molecule has 0 radical (unpaired) electrons. The molecule has 132 valence electrons. The van der Waals surface area contributed by atoms with Crippen molar-refractivity contribution in [3.8, 4) is 0 Å². The first kappa shape index (κ1) is 16.6. The molecule has 3 nitrogen and oxygen atoms in total. The number of hydrogen-bond acceptors (Lipinski definition) is 3. The molecule has 1 saturated heterocycles. The number of hydrogen-bond donors (Lipinski definition) is 1. The summed E-state index contributed by atoms with van der Waals surface area (Å²) < 4.78 is 6.45. The molecule has 0 amide bonds. The van der Waals surface area contributed by atoms with Crippen molar-refractivity contribution in [2.24, 2.45) is 0 Å². The molecular weight excluding hydrogens is 296 g/mol. The molecule has 1 aromatic carbocycles. The number of fused-ring (bicyclic) bond motifs is 1. The average molecular weight is 329 g/mol. The summed E-state index contributed by atoms with van der Waals surface area (Å²) in [7, 11) is 0. The van der Waals surface area contributed by atoms with E-state index in [1.165, 1.54) is 63.5 Å². The first-order valence-electron chi connectivity index (χ1n) is 10.1. The van der Waals surface area contributed by atoms with Crippen LogP contribution in [0.2, 0.25) is 0 Å². The molecule has 3 aliphatic rings. The Morgan fingerprint density at radius 2 is 1.67 bits per heavy atom. The first-order valence-corrected chi connectivity index (χ1v) is 10.1. The minimum atomic E-state index is 0.416. The van der Waals surface area contributed by atoms with Crippen molar-refractivity contribution in [3.63, 3.8) is 0 Å². The second-order valence-electron chi connectivity index (χ2n) is 7.84. The Morgan fingerprint density at radius 3 is 2.54 bits per heavy atom. The van der Waals surface area contributed by atoms with Gasteiger partial charge >= 0.3 is 0 Å². The lowest BCUT2D eigenvalue weighted by Gasteiger charge is -2.50. The zero-order valence-corrected chi connectivity index (χ0v) is 14.8. The van der Waals surface area contributed by atoms with Gasteiger partial charge in [0.2, 0.25) is 0 Å². The van der Waals surface area contributed by atoms with E-state index in [2.05, 4.69) is 40.5 Å². The van der Waals surface area contributed by atoms with Crippen LogP contribution >= 0.6 is 0 Å². The van der Waals surface area contributed by atoms with E-state index in [0.717, 1.165) is 25.2 Å². The second-order valence-corrected chi connectivity index (χ2v) is 7.84. The van der Waals surface area contributed by atoms with Crippen molar-refractivity contribution in [3.05, 3.63) is 35.9 Å². The van der Waals surface area contributed by atoms with E-state index in [1.54, 1.807) is 0 Å². The molecule has 1 N–H and O–H groups in total. The zero-order valence-electron chi connectivity index (χ0n) is 14.8. The fourth-order valence-electron chi connectivity index (χ4n) is 5.13. The maximum Gasteiger partial charge on any atom is 0.0734 e. The lowest BCUT2D eigenvalue weighted by molar-refractivity contribution is -0.0722. The lowest BCUT2D eigenvalue weighted by atomic mass is 9.83. The third-order valence-electron chi connectivity index (χ3n) is 6.33. The monoisotopic (exact) mass is 328 g/mol. The second kappa shape index (κ2) is 7.99. The highest BCUT2D eigenvalue weighted by molar-refractivity contribution is 5.13. The summed E-state index contributed by atoms with van der Waals surface area (Å²) in [5.74, 6) is 0. The molecule has 0 aromatic heterocycles. The molecule has 0 spiro atoms. The van der Waals surface area contributed by atoms with Gasteiger partial charge in [-0.05, 0) is 31.2 Å². The van der Waals surface area contributed by atoms with Gasteiger partial charge in [0.25, 0.3) is 0 Å². The SMILES string of the molecule is c1ccc(CO[C@@H]2CCCC[C@H]2N2CCN[C@@H]3CCCC[C@@H]32)cc1. The summed E-state index contributed by atoms with van der Waals surface area (Å²) in [6, 6.07) is 12.8. The van der Waals surface area contributed by atoms with Crippen molar-refractivity contribution in [1.82, 2.24) is 10.2 Å². The molecule has 4 rings (SSSR count). The summed E-state index contributed by atoms with van der Waals surface area (Å²) in [5.41, 5.74) is 1.30. The highest BCUT2D eigenvalue weighted by atomic mass is 16.5. The quantitative estimate of drug-likeness (QED) is 0.911. The van der Waals surface area contributed by atoms with Gasteiger partial charge in [0.1, 0.15) is 0 Å². The number of benzene rings is 1. The average Bonchev–Trinajstić information content (AvgIpc) is 2.67. The molecule has 2 saturated carbocycles. The van der Waals surface area contributed by atoms with Crippen molar-refractivity contribution in [2.75, 3.05) is 13.1 Å². The molecule has 1 heterocycles. The van der Waals surface area contributed by atoms with Gasteiger partial charge in [-0.1, -0.05) is 56.0 Å². The maximum atomic E-state index is 6.45. The summed E-state index contributed by atoms with van der Waals surface area (Å²) in [6.07, 6.45) is 11.2. The van der Waals surface area contributed by atoms with Gasteiger partial charge in [-0.25, -0.2) is 0 Å². The summed E-state index contributed by atoms with van der Waals surface area (Å²) in [4.78, 5) is 2.84. The van der Waals surface area contributed by atoms with E-state index in [1.807, 2.05) is 0 Å². The minimum Gasteiger partial charge on any atom is -0.372 e. The van der Waals surface area contributed by atoms with Crippen LogP contribution in [0, 0.1) is 0 Å². The van der Waals surface area contributed by atoms with E-state index in [9.17, 15) is 0 Å². The zero-order chi connectivity index (χ0) is 16.2. The van der Waals surface area contributed by atoms with Crippen LogP contribution in [0.4, 0.5) is 0 Å². The van der Waals surface area contributed by atoms with Crippen LogP contribution in [0.15, 0.2) is 30.3 Å². The molecular formula is C21H32N2O. The predicted octanol–water partition coefficient (Wildman–Crippen LogP) is 3.73. The summed E-state index contributed by atoms with van der Waals surface area (Å²) in [5, 5.41) is 3.78. The number of nitrogens with one attached hydrogen (secondary N) is 1. The number of piperazine rings is 1. The Hall–Kier alpha value is -0.900. The van der Waals surface area contributed by atoms with Crippen molar-refractivity contribution in [2.45, 2.75) is 82.2 Å². The van der Waals surface area contributed by atoms with Crippen LogP contribution in [-0.2, 0) is 11.3 Å². The molecule has 3 heteroatoms. The Bertz CT molecular complexity index is 504. The highest BCUT2D eigenvalue weighted by Crippen LogP contribution is 2.33. The van der Waals surface area contributed by atoms with Crippen molar-refractivity contribution < 1.29 is 4.74 Å². The normalized spacial score (nSPS) is 34.7. The Morgan fingerprint density at radius 1 is 0.917 bits per heavy atom. The van der Waals surface area contributed by atoms with Crippen LogP contribution in [-0.4, -0.2) is 42.2 Å². The molecule has 0 unspecified atom stereocenters. The van der Waals surface area contributed by atoms with Gasteiger partial charge in [0, 0.05) is 31.2 Å². The van der Waals surface area contributed by atoms with Crippen molar-refractivity contribution in [1.29, 1.82) is 0 Å². The van der Waals surface area contributed by atoms with E-state index in [4.69, 9.17) is 4.74 Å². The van der Waals surface area contributed by atoms with Gasteiger partial charge in [0.05, 0.1) is 12.7 Å². The van der Waals surface area contributed by atoms with E-state index in [0.29, 0.717) is 12.1 Å². The van der Waals surface area contributed by atoms with Crippen LogP contribution in [0.1, 0.15) is 56.9 Å². The summed E-state index contributed by atoms with van der Waals surface area (Å²) >= 11 is 0. The Labute approximate surface area is 146 Å². The molecule has 4 atom stereocenters. The number of rotatable bonds is 4. The topological polar surface area (TPSA) is 24.5 Å². The predicted molar refractivity (Wildman–Crippen MR) is 98.0 cm³/mol. The van der Waals surface area contributed by atoms with E-state index in [-0.39, 0.29) is 0 Å². The van der Waals surface area contributed by atoms with Gasteiger partial charge in [-0.15, -0.1) is 0 Å². The van der Waals surface area contributed by atoms with E-state index >= 15 is 0 Å². The molecule has 1 aliphatic heterocycles. The first-order chi connectivity index (χ1) is 11.9. The maximum absolute atomic E-state index is 6.45. The molecule has 3 fully saturated rings. The smallest absolute Gasteiger partial charge is 0.0734 e. The third kappa shape index (κ3) is 3.68. The van der Waals surface area contributed by atoms with Gasteiger partial charge in [0.15, 0.2) is 0 Å². The van der Waals surface area contributed by atoms with Crippen molar-refractivity contribution >= 4 is 0 Å². The Balaban J connectivity index is 1.43. The molecule has 1 aromatic rings. The molecule has 24 heavy (non-hydrogen) atoms. The molecule has 0 bridgehead atoms. The van der Waals surface area contributed by atoms with Gasteiger partial charge in [-0.2, -0.15) is 0 Å². The number of nitrogens with zero attached hydrogens (tertiary/aromatic N) is 1. The fourth-order valence-corrected chi connectivity index (χ4v) is 5.13. The molecule has 2 aliphatic carbocycles. The van der Waals surface area contributed by atoms with E-state index < -0.39 is 0 Å². The minimum absolute atomic E-state index is 0.416. The number of ether oxygens (including phenoxy) is 1. The standard InChI is InChI=1S/C21H32N2O/c1-2-8-17(9-3-1)16-24-21-13-7-6-12-20(21)23-15-14-22-18-10-4-5-11-19(18)23/h1-3,8-9,18-22H,4-7,10-16H2/t18-,19+,20-,21-/m1/s1. The van der Waals surface area contributed by atoms with Gasteiger partial charge in [-0.3, -0.25) is 4.90 Å². The third-order valence-corrected chi connectivity index (χ3v) is 6.33. The summed E-state index contributed by atoms with van der Waals surface area (Å²) in [6.45, 7) is 3.13.